The van der Waals surface area contributed by atoms with Crippen LogP contribution in [0.1, 0.15) is 6.42 Å². The third-order valence-electron chi connectivity index (χ3n) is 1.64. The Kier molecular flexibility index (Phi) is 3.53. The van der Waals surface area contributed by atoms with Gasteiger partial charge in [0.05, 0.1) is 6.54 Å². The monoisotopic (exact) mass is 222 g/mol. The molecule has 8 heteroatoms. The van der Waals surface area contributed by atoms with E-state index in [9.17, 15) is 18.4 Å². The highest BCUT2D eigenvalue weighted by atomic mass is 19.3. The maximum Gasteiger partial charge on any atom is 0.353 e. The number of carbonyl (C=O) groups excluding carboxylic acids is 1. The number of carboxylic acid groups (broad SMARTS) is 1. The third kappa shape index (κ3) is 3.15. The molecule has 0 saturated heterocycles. The normalized spacial score (nSPS) is 19.7. The molecule has 6 nitrogen and oxygen atoms in total. The van der Waals surface area contributed by atoms with Crippen LogP contribution in [0.15, 0.2) is 5.16 Å². The van der Waals surface area contributed by atoms with Crippen LogP contribution in [0.4, 0.5) is 8.78 Å². The molecule has 2 N–H and O–H groups in total. The quantitative estimate of drug-likeness (QED) is 0.677. The molecule has 1 atom stereocenters. The van der Waals surface area contributed by atoms with E-state index in [1.807, 2.05) is 5.32 Å². The summed E-state index contributed by atoms with van der Waals surface area (Å²) >= 11 is 0. The van der Waals surface area contributed by atoms with Crippen molar-refractivity contribution in [3.63, 3.8) is 0 Å². The van der Waals surface area contributed by atoms with Gasteiger partial charge < -0.3 is 15.3 Å². The number of carboxylic acids is 1. The minimum Gasteiger partial charge on any atom is -0.477 e. The van der Waals surface area contributed by atoms with Crippen molar-refractivity contribution in [1.82, 2.24) is 5.32 Å². The number of nitrogens with zero attached hydrogens (tertiary/aromatic N) is 1. The maximum atomic E-state index is 11.7. The average Bonchev–Trinajstić information content (AvgIpc) is 2.62. The topological polar surface area (TPSA) is 88.0 Å². The first-order valence-corrected chi connectivity index (χ1v) is 4.02. The van der Waals surface area contributed by atoms with Crippen LogP contribution in [0.2, 0.25) is 0 Å². The number of amides is 1. The summed E-state index contributed by atoms with van der Waals surface area (Å²) in [6.07, 6.45) is -4.00. The summed E-state index contributed by atoms with van der Waals surface area (Å²) in [6.45, 7) is -0.791. The molecule has 1 rings (SSSR count). The SMILES string of the molecule is O=C(O)C1=NOC(C(=O)NCC(F)F)C1. The van der Waals surface area contributed by atoms with E-state index in [-0.39, 0.29) is 12.1 Å². The van der Waals surface area contributed by atoms with Crippen molar-refractivity contribution >= 4 is 17.6 Å². The summed E-state index contributed by atoms with van der Waals surface area (Å²) in [7, 11) is 0. The number of alkyl halides is 2. The minimum absolute atomic E-state index is 0.218. The number of oxime groups is 1. The zero-order valence-corrected chi connectivity index (χ0v) is 7.44. The van der Waals surface area contributed by atoms with E-state index in [4.69, 9.17) is 5.11 Å². The van der Waals surface area contributed by atoms with Crippen molar-refractivity contribution in [3.8, 4) is 0 Å². The Labute approximate surface area is 82.9 Å². The highest BCUT2D eigenvalue weighted by Gasteiger charge is 2.31. The molecule has 1 heterocycles. The number of rotatable bonds is 4. The lowest BCUT2D eigenvalue weighted by atomic mass is 10.2. The highest BCUT2D eigenvalue weighted by Crippen LogP contribution is 2.10. The highest BCUT2D eigenvalue weighted by molar-refractivity contribution is 6.36. The molecule has 0 radical (unpaired) electrons. The zero-order valence-electron chi connectivity index (χ0n) is 7.44. The van der Waals surface area contributed by atoms with Crippen molar-refractivity contribution in [1.29, 1.82) is 0 Å². The van der Waals surface area contributed by atoms with E-state index >= 15 is 0 Å². The zero-order chi connectivity index (χ0) is 11.4. The second-order valence-corrected chi connectivity index (χ2v) is 2.78. The number of halogens is 2. The Hall–Kier alpha value is -1.73. The number of hydrogen-bond donors (Lipinski definition) is 2. The standard InChI is InChI=1S/C7H8F2N2O4/c8-5(9)2-10-6(12)4-1-3(7(13)14)11-15-4/h4-5H,1-2H2,(H,10,12)(H,13,14). The molecule has 0 aromatic rings. The Bertz CT molecular complexity index is 305. The van der Waals surface area contributed by atoms with E-state index in [1.54, 1.807) is 0 Å². The van der Waals surface area contributed by atoms with E-state index in [1.165, 1.54) is 0 Å². The van der Waals surface area contributed by atoms with Gasteiger partial charge in [0.2, 0.25) is 6.10 Å². The second-order valence-electron chi connectivity index (χ2n) is 2.78. The first-order chi connectivity index (χ1) is 7.00. The van der Waals surface area contributed by atoms with Crippen LogP contribution in [-0.4, -0.2) is 41.8 Å². The molecular weight excluding hydrogens is 214 g/mol. The summed E-state index contributed by atoms with van der Waals surface area (Å²) in [6, 6.07) is 0. The first kappa shape index (κ1) is 11.3. The van der Waals surface area contributed by atoms with Gasteiger partial charge in [0.25, 0.3) is 12.3 Å². The molecule has 0 aliphatic carbocycles. The molecule has 1 aliphatic heterocycles. The van der Waals surface area contributed by atoms with Crippen LogP contribution in [0.5, 0.6) is 0 Å². The molecule has 84 valence electrons. The van der Waals surface area contributed by atoms with Crippen LogP contribution in [0.25, 0.3) is 0 Å². The lowest BCUT2D eigenvalue weighted by Gasteiger charge is -2.08. The number of aliphatic carboxylic acids is 1. The van der Waals surface area contributed by atoms with E-state index < -0.39 is 31.0 Å². The van der Waals surface area contributed by atoms with Gasteiger partial charge in [-0.2, -0.15) is 0 Å². The molecule has 15 heavy (non-hydrogen) atoms. The van der Waals surface area contributed by atoms with Crippen LogP contribution in [0.3, 0.4) is 0 Å². The van der Waals surface area contributed by atoms with Gasteiger partial charge in [0, 0.05) is 6.42 Å². The molecular formula is C7H8F2N2O4. The number of hydrogen-bond acceptors (Lipinski definition) is 4. The fourth-order valence-electron chi connectivity index (χ4n) is 0.936. The largest absolute Gasteiger partial charge is 0.477 e. The van der Waals surface area contributed by atoms with Gasteiger partial charge in [-0.05, 0) is 0 Å². The smallest absolute Gasteiger partial charge is 0.353 e. The van der Waals surface area contributed by atoms with Gasteiger partial charge in [-0.1, -0.05) is 5.16 Å². The van der Waals surface area contributed by atoms with Crippen molar-refractivity contribution in [3.05, 3.63) is 0 Å². The molecule has 1 unspecified atom stereocenters. The fourth-order valence-corrected chi connectivity index (χ4v) is 0.936. The van der Waals surface area contributed by atoms with Crippen LogP contribution >= 0.6 is 0 Å². The summed E-state index contributed by atoms with van der Waals surface area (Å²) in [5, 5.41) is 13.5. The molecule has 1 aliphatic rings. The van der Waals surface area contributed by atoms with Gasteiger partial charge in [-0.3, -0.25) is 4.79 Å². The van der Waals surface area contributed by atoms with Crippen molar-refractivity contribution in [2.45, 2.75) is 19.0 Å². The summed E-state index contributed by atoms with van der Waals surface area (Å²) in [5.74, 6) is -2.09. The van der Waals surface area contributed by atoms with Crippen LogP contribution in [0, 0.1) is 0 Å². The van der Waals surface area contributed by atoms with E-state index in [2.05, 4.69) is 9.99 Å². The van der Waals surface area contributed by atoms with Gasteiger partial charge in [-0.15, -0.1) is 0 Å². The number of carbonyl (C=O) groups is 2. The van der Waals surface area contributed by atoms with Crippen LogP contribution in [-0.2, 0) is 14.4 Å². The molecule has 0 spiro atoms. The molecule has 0 aromatic heterocycles. The summed E-state index contributed by atoms with van der Waals surface area (Å²) < 4.78 is 23.4. The summed E-state index contributed by atoms with van der Waals surface area (Å²) in [4.78, 5) is 25.9. The van der Waals surface area contributed by atoms with Crippen molar-refractivity contribution < 1.29 is 28.3 Å². The molecule has 0 aromatic carbocycles. The Morgan fingerprint density at radius 3 is 2.80 bits per heavy atom. The molecule has 0 bridgehead atoms. The maximum absolute atomic E-state index is 11.7. The van der Waals surface area contributed by atoms with Gasteiger partial charge in [0.1, 0.15) is 0 Å². The molecule has 1 amide bonds. The summed E-state index contributed by atoms with van der Waals surface area (Å²) in [5.41, 5.74) is -0.299. The lowest BCUT2D eigenvalue weighted by Crippen LogP contribution is -2.37. The fraction of sp³-hybridized carbons (Fsp3) is 0.571. The molecule has 0 saturated carbocycles. The first-order valence-electron chi connectivity index (χ1n) is 4.02. The number of nitrogens with one attached hydrogen (secondary N) is 1. The predicted molar refractivity (Wildman–Crippen MR) is 43.6 cm³/mol. The van der Waals surface area contributed by atoms with Crippen molar-refractivity contribution in [2.75, 3.05) is 6.54 Å². The van der Waals surface area contributed by atoms with Crippen LogP contribution < -0.4 is 5.32 Å². The Morgan fingerprint density at radius 1 is 1.67 bits per heavy atom. The van der Waals surface area contributed by atoms with Crippen molar-refractivity contribution in [2.24, 2.45) is 5.16 Å². The molecule has 0 fully saturated rings. The van der Waals surface area contributed by atoms with E-state index in [0.717, 1.165) is 0 Å². The Balaban J connectivity index is 2.36. The minimum atomic E-state index is -2.66. The third-order valence-corrected chi connectivity index (χ3v) is 1.64. The Morgan fingerprint density at radius 2 is 2.33 bits per heavy atom. The van der Waals surface area contributed by atoms with Gasteiger partial charge >= 0.3 is 5.97 Å². The lowest BCUT2D eigenvalue weighted by molar-refractivity contribution is -0.131. The average molecular weight is 222 g/mol. The predicted octanol–water partition coefficient (Wildman–Crippen LogP) is -0.403. The van der Waals surface area contributed by atoms with Gasteiger partial charge in [0.15, 0.2) is 5.71 Å². The van der Waals surface area contributed by atoms with E-state index in [0.29, 0.717) is 0 Å². The second kappa shape index (κ2) is 4.67. The van der Waals surface area contributed by atoms with Gasteiger partial charge in [-0.25, -0.2) is 13.6 Å².